The summed E-state index contributed by atoms with van der Waals surface area (Å²) in [6, 6.07) is 0.505. The van der Waals surface area contributed by atoms with Crippen LogP contribution in [0.5, 0.6) is 0 Å². The van der Waals surface area contributed by atoms with Gasteiger partial charge in [-0.25, -0.2) is 0 Å². The van der Waals surface area contributed by atoms with E-state index in [1.165, 1.54) is 12.8 Å². The molecule has 2 atom stereocenters. The van der Waals surface area contributed by atoms with E-state index in [1.54, 1.807) is 0 Å². The van der Waals surface area contributed by atoms with E-state index in [9.17, 15) is 4.79 Å². The fraction of sp³-hybridized carbons (Fsp3) is 0.900. The third-order valence-corrected chi connectivity index (χ3v) is 3.06. The van der Waals surface area contributed by atoms with E-state index in [1.807, 2.05) is 0 Å². The van der Waals surface area contributed by atoms with Crippen molar-refractivity contribution in [3.8, 4) is 0 Å². The average molecular weight is 182 g/mol. The lowest BCUT2D eigenvalue weighted by molar-refractivity contribution is -0.125. The molecule has 2 aliphatic rings. The van der Waals surface area contributed by atoms with Gasteiger partial charge in [-0.2, -0.15) is 0 Å². The van der Waals surface area contributed by atoms with Crippen LogP contribution in [0.25, 0.3) is 0 Å². The highest BCUT2D eigenvalue weighted by atomic mass is 16.2. The summed E-state index contributed by atoms with van der Waals surface area (Å²) in [6.45, 7) is 4.16. The SMILES string of the molecule is C[C@@H]1CN(C)C[C@H]1C(=O)NC1CC1. The molecule has 0 aromatic rings. The minimum atomic E-state index is 0.227. The first kappa shape index (κ1) is 9.00. The van der Waals surface area contributed by atoms with Crippen molar-refractivity contribution < 1.29 is 4.79 Å². The van der Waals surface area contributed by atoms with Crippen molar-refractivity contribution in [2.45, 2.75) is 25.8 Å². The molecule has 3 nitrogen and oxygen atoms in total. The predicted molar refractivity (Wildman–Crippen MR) is 51.3 cm³/mol. The van der Waals surface area contributed by atoms with Crippen LogP contribution in [-0.2, 0) is 4.79 Å². The quantitative estimate of drug-likeness (QED) is 0.673. The Kier molecular flexibility index (Phi) is 2.28. The number of nitrogens with one attached hydrogen (secondary N) is 1. The van der Waals surface area contributed by atoms with Crippen LogP contribution in [0.1, 0.15) is 19.8 Å². The van der Waals surface area contributed by atoms with Gasteiger partial charge in [-0.15, -0.1) is 0 Å². The highest BCUT2D eigenvalue weighted by molar-refractivity contribution is 5.80. The Hall–Kier alpha value is -0.570. The van der Waals surface area contributed by atoms with Crippen LogP contribution in [-0.4, -0.2) is 37.0 Å². The molecule has 0 aromatic heterocycles. The van der Waals surface area contributed by atoms with Crippen LogP contribution >= 0.6 is 0 Å². The van der Waals surface area contributed by atoms with E-state index in [2.05, 4.69) is 24.2 Å². The molecule has 1 heterocycles. The third-order valence-electron chi connectivity index (χ3n) is 3.06. The van der Waals surface area contributed by atoms with Crippen molar-refractivity contribution in [3.63, 3.8) is 0 Å². The summed E-state index contributed by atoms with van der Waals surface area (Å²) in [5.41, 5.74) is 0. The number of likely N-dealkylation sites (tertiary alicyclic amines) is 1. The highest BCUT2D eigenvalue weighted by Crippen LogP contribution is 2.24. The molecule has 1 aliphatic carbocycles. The summed E-state index contributed by atoms with van der Waals surface area (Å²) >= 11 is 0. The summed E-state index contributed by atoms with van der Waals surface area (Å²) in [6.07, 6.45) is 2.37. The van der Waals surface area contributed by atoms with E-state index in [-0.39, 0.29) is 11.8 Å². The second-order valence-corrected chi connectivity index (χ2v) is 4.59. The monoisotopic (exact) mass is 182 g/mol. The molecule has 13 heavy (non-hydrogen) atoms. The van der Waals surface area contributed by atoms with Crippen LogP contribution < -0.4 is 5.32 Å². The van der Waals surface area contributed by atoms with E-state index in [0.717, 1.165) is 13.1 Å². The van der Waals surface area contributed by atoms with E-state index < -0.39 is 0 Å². The molecule has 1 aliphatic heterocycles. The normalized spacial score (nSPS) is 34.9. The summed E-state index contributed by atoms with van der Waals surface area (Å²) in [4.78, 5) is 14.0. The van der Waals surface area contributed by atoms with Gasteiger partial charge in [0.1, 0.15) is 0 Å². The molecular formula is C10H18N2O. The molecule has 0 spiro atoms. The molecule has 0 unspecified atom stereocenters. The third kappa shape index (κ3) is 2.02. The summed E-state index contributed by atoms with van der Waals surface area (Å²) in [5, 5.41) is 3.08. The minimum Gasteiger partial charge on any atom is -0.353 e. The van der Waals surface area contributed by atoms with E-state index in [0.29, 0.717) is 12.0 Å². The summed E-state index contributed by atoms with van der Waals surface area (Å²) in [5.74, 6) is 1.02. The van der Waals surface area contributed by atoms with Gasteiger partial charge in [0.15, 0.2) is 0 Å². The van der Waals surface area contributed by atoms with Gasteiger partial charge in [-0.1, -0.05) is 6.92 Å². The van der Waals surface area contributed by atoms with Crippen molar-refractivity contribution in [2.75, 3.05) is 20.1 Å². The molecule has 0 aromatic carbocycles. The Morgan fingerprint density at radius 3 is 2.54 bits per heavy atom. The van der Waals surface area contributed by atoms with Crippen LogP contribution in [0.2, 0.25) is 0 Å². The first-order valence-electron chi connectivity index (χ1n) is 5.15. The molecule has 1 amide bonds. The molecule has 3 heteroatoms. The van der Waals surface area contributed by atoms with Gasteiger partial charge in [0.05, 0.1) is 5.92 Å². The maximum absolute atomic E-state index is 11.7. The van der Waals surface area contributed by atoms with Crippen LogP contribution in [0, 0.1) is 11.8 Å². The Morgan fingerprint density at radius 2 is 2.08 bits per heavy atom. The van der Waals surface area contributed by atoms with Gasteiger partial charge in [0, 0.05) is 19.1 Å². The van der Waals surface area contributed by atoms with Gasteiger partial charge < -0.3 is 10.2 Å². The lowest BCUT2D eigenvalue weighted by Gasteiger charge is -2.13. The summed E-state index contributed by atoms with van der Waals surface area (Å²) < 4.78 is 0. The van der Waals surface area contributed by atoms with Crippen molar-refractivity contribution in [3.05, 3.63) is 0 Å². The fourth-order valence-electron chi connectivity index (χ4n) is 2.09. The van der Waals surface area contributed by atoms with E-state index >= 15 is 0 Å². The Balaban J connectivity index is 1.87. The number of hydrogen-bond acceptors (Lipinski definition) is 2. The van der Waals surface area contributed by atoms with Gasteiger partial charge in [0.25, 0.3) is 0 Å². The minimum absolute atomic E-state index is 0.227. The molecule has 1 saturated heterocycles. The molecule has 1 saturated carbocycles. The molecule has 1 N–H and O–H groups in total. The Bertz CT molecular complexity index is 213. The first-order valence-corrected chi connectivity index (χ1v) is 5.15. The second kappa shape index (κ2) is 3.29. The number of nitrogens with zero attached hydrogens (tertiary/aromatic N) is 1. The zero-order valence-corrected chi connectivity index (χ0v) is 8.42. The topological polar surface area (TPSA) is 32.3 Å². The smallest absolute Gasteiger partial charge is 0.224 e. The van der Waals surface area contributed by atoms with Crippen LogP contribution in [0.3, 0.4) is 0 Å². The molecule has 74 valence electrons. The highest BCUT2D eigenvalue weighted by Gasteiger charge is 2.35. The van der Waals surface area contributed by atoms with Gasteiger partial charge in [-0.05, 0) is 25.8 Å². The average Bonchev–Trinajstić information content (AvgIpc) is 2.77. The van der Waals surface area contributed by atoms with Crippen molar-refractivity contribution >= 4 is 5.91 Å². The standard InChI is InChI=1S/C10H18N2O/c1-7-5-12(2)6-9(7)10(13)11-8-3-4-8/h7-9H,3-6H2,1-2H3,(H,11,13)/t7-,9-/m1/s1. The lowest BCUT2D eigenvalue weighted by atomic mass is 9.97. The van der Waals surface area contributed by atoms with Crippen molar-refractivity contribution in [1.29, 1.82) is 0 Å². The Labute approximate surface area is 79.5 Å². The number of rotatable bonds is 2. The lowest BCUT2D eigenvalue weighted by Crippen LogP contribution is -2.35. The number of carbonyl (C=O) groups is 1. The zero-order chi connectivity index (χ0) is 9.42. The summed E-state index contributed by atoms with van der Waals surface area (Å²) in [7, 11) is 2.08. The molecular weight excluding hydrogens is 164 g/mol. The number of carbonyl (C=O) groups excluding carboxylic acids is 1. The van der Waals surface area contributed by atoms with Gasteiger partial charge in [-0.3, -0.25) is 4.79 Å². The first-order chi connectivity index (χ1) is 6.16. The van der Waals surface area contributed by atoms with Crippen molar-refractivity contribution in [2.24, 2.45) is 11.8 Å². The maximum Gasteiger partial charge on any atom is 0.224 e. The maximum atomic E-state index is 11.7. The molecule has 0 bridgehead atoms. The Morgan fingerprint density at radius 1 is 1.38 bits per heavy atom. The largest absolute Gasteiger partial charge is 0.353 e. The van der Waals surface area contributed by atoms with Crippen molar-refractivity contribution in [1.82, 2.24) is 10.2 Å². The predicted octanol–water partition coefficient (Wildman–Crippen LogP) is 0.463. The molecule has 2 rings (SSSR count). The van der Waals surface area contributed by atoms with E-state index in [4.69, 9.17) is 0 Å². The molecule has 2 fully saturated rings. The van der Waals surface area contributed by atoms with Crippen LogP contribution in [0.15, 0.2) is 0 Å². The zero-order valence-electron chi connectivity index (χ0n) is 8.42. The molecule has 0 radical (unpaired) electrons. The van der Waals surface area contributed by atoms with Crippen LogP contribution in [0.4, 0.5) is 0 Å². The number of amides is 1. The van der Waals surface area contributed by atoms with Gasteiger partial charge >= 0.3 is 0 Å². The second-order valence-electron chi connectivity index (χ2n) is 4.59. The number of hydrogen-bond donors (Lipinski definition) is 1. The van der Waals surface area contributed by atoms with Gasteiger partial charge in [0.2, 0.25) is 5.91 Å². The fourth-order valence-corrected chi connectivity index (χ4v) is 2.09.